The maximum absolute atomic E-state index is 5.62. The van der Waals surface area contributed by atoms with Gasteiger partial charge in [0.25, 0.3) is 0 Å². The summed E-state index contributed by atoms with van der Waals surface area (Å²) in [7, 11) is 1.64. The van der Waals surface area contributed by atoms with Gasteiger partial charge in [0.1, 0.15) is 0 Å². The second-order valence-corrected chi connectivity index (χ2v) is 5.66. The highest BCUT2D eigenvalue weighted by Gasteiger charge is 2.05. The number of nitrogens with zero attached hydrogens (tertiary/aromatic N) is 3. The fourth-order valence-corrected chi connectivity index (χ4v) is 2.48. The minimum absolute atomic E-state index is 0.568. The highest BCUT2D eigenvalue weighted by molar-refractivity contribution is 5.79. The number of aliphatic imine (C=N–C) groups is 1. The van der Waals surface area contributed by atoms with Crippen molar-refractivity contribution in [3.05, 3.63) is 42.2 Å². The second kappa shape index (κ2) is 11.0. The van der Waals surface area contributed by atoms with Gasteiger partial charge in [-0.15, -0.1) is 0 Å². The van der Waals surface area contributed by atoms with E-state index in [-0.39, 0.29) is 0 Å². The summed E-state index contributed by atoms with van der Waals surface area (Å²) in [6, 6.07) is 7.84. The molecule has 2 aromatic rings. The summed E-state index contributed by atoms with van der Waals surface area (Å²) < 4.78 is 12.9. The molecule has 0 fully saturated rings. The Kier molecular flexibility index (Phi) is 8.32. The molecule has 7 nitrogen and oxygen atoms in total. The third-order valence-electron chi connectivity index (χ3n) is 3.71. The zero-order valence-corrected chi connectivity index (χ0v) is 15.9. The molecule has 0 unspecified atom stereocenters. The molecule has 142 valence electrons. The molecule has 1 heterocycles. The molecule has 26 heavy (non-hydrogen) atoms. The molecule has 0 aliphatic rings. The number of ether oxygens (including phenoxy) is 2. The number of aryl methyl sites for hydroxylation is 1. The predicted octanol–water partition coefficient (Wildman–Crippen LogP) is 2.44. The van der Waals surface area contributed by atoms with E-state index >= 15 is 0 Å². The number of methoxy groups -OCH3 is 1. The topological polar surface area (TPSA) is 72.7 Å². The summed E-state index contributed by atoms with van der Waals surface area (Å²) in [6.45, 7) is 7.72. The van der Waals surface area contributed by atoms with Crippen LogP contribution in [-0.4, -0.2) is 42.5 Å². The number of nitrogens with one attached hydrogen (secondary N) is 2. The average Bonchev–Trinajstić information content (AvgIpc) is 3.17. The minimum Gasteiger partial charge on any atom is -0.493 e. The molecule has 0 atom stereocenters. The summed E-state index contributed by atoms with van der Waals surface area (Å²) in [5.74, 6) is 2.30. The van der Waals surface area contributed by atoms with Crippen molar-refractivity contribution in [2.24, 2.45) is 4.99 Å². The molecule has 0 spiro atoms. The van der Waals surface area contributed by atoms with E-state index in [0.29, 0.717) is 13.2 Å². The Morgan fingerprint density at radius 3 is 2.81 bits per heavy atom. The maximum Gasteiger partial charge on any atom is 0.191 e. The van der Waals surface area contributed by atoms with E-state index in [1.54, 1.807) is 13.3 Å². The lowest BCUT2D eigenvalue weighted by atomic mass is 10.2. The first-order valence-electron chi connectivity index (χ1n) is 9.06. The van der Waals surface area contributed by atoms with Crippen LogP contribution in [0.1, 0.15) is 25.8 Å². The number of benzene rings is 1. The fourth-order valence-electron chi connectivity index (χ4n) is 2.48. The van der Waals surface area contributed by atoms with Gasteiger partial charge in [-0.05, 0) is 44.0 Å². The molecule has 0 amide bonds. The number of hydrogen-bond acceptors (Lipinski definition) is 4. The van der Waals surface area contributed by atoms with Crippen molar-refractivity contribution in [3.63, 3.8) is 0 Å². The quantitative estimate of drug-likeness (QED) is 0.387. The van der Waals surface area contributed by atoms with Crippen LogP contribution in [0.25, 0.3) is 0 Å². The van der Waals surface area contributed by atoms with Crippen LogP contribution in [0, 0.1) is 0 Å². The lowest BCUT2D eigenvalue weighted by molar-refractivity contribution is 0.310. The summed E-state index contributed by atoms with van der Waals surface area (Å²) in [6.07, 6.45) is 4.74. The standard InChI is InChI=1S/C19H29N5O2/c1-4-20-19(21-10-6-12-24-13-7-11-23-24)22-15-16-8-9-17(25-3)18(14-16)26-5-2/h7-9,11,13-14H,4-6,10,12,15H2,1-3H3,(H2,20,21,22). The summed E-state index contributed by atoms with van der Waals surface area (Å²) in [4.78, 5) is 4.65. The molecule has 0 aliphatic carbocycles. The molecule has 2 N–H and O–H groups in total. The third-order valence-corrected chi connectivity index (χ3v) is 3.71. The van der Waals surface area contributed by atoms with E-state index in [4.69, 9.17) is 9.47 Å². The smallest absolute Gasteiger partial charge is 0.191 e. The van der Waals surface area contributed by atoms with Crippen LogP contribution >= 0.6 is 0 Å². The van der Waals surface area contributed by atoms with Crippen LogP contribution in [0.4, 0.5) is 0 Å². The molecule has 2 rings (SSSR count). The summed E-state index contributed by atoms with van der Waals surface area (Å²) in [5.41, 5.74) is 1.07. The highest BCUT2D eigenvalue weighted by atomic mass is 16.5. The molecule has 0 aliphatic heterocycles. The summed E-state index contributed by atoms with van der Waals surface area (Å²) in [5, 5.41) is 10.8. The molecule has 0 saturated carbocycles. The highest BCUT2D eigenvalue weighted by Crippen LogP contribution is 2.28. The van der Waals surface area contributed by atoms with Gasteiger partial charge in [-0.1, -0.05) is 6.07 Å². The van der Waals surface area contributed by atoms with Crippen molar-refractivity contribution in [1.29, 1.82) is 0 Å². The van der Waals surface area contributed by atoms with Gasteiger partial charge in [0.05, 0.1) is 20.3 Å². The van der Waals surface area contributed by atoms with Crippen molar-refractivity contribution < 1.29 is 9.47 Å². The fraction of sp³-hybridized carbons (Fsp3) is 0.474. The van der Waals surface area contributed by atoms with Gasteiger partial charge in [0, 0.05) is 32.0 Å². The largest absolute Gasteiger partial charge is 0.493 e. The molecule has 7 heteroatoms. The Morgan fingerprint density at radius 2 is 2.12 bits per heavy atom. The first kappa shape index (κ1) is 19.6. The zero-order valence-electron chi connectivity index (χ0n) is 15.9. The second-order valence-electron chi connectivity index (χ2n) is 5.66. The number of rotatable bonds is 10. The van der Waals surface area contributed by atoms with E-state index < -0.39 is 0 Å². The van der Waals surface area contributed by atoms with Gasteiger partial charge in [-0.2, -0.15) is 5.10 Å². The van der Waals surface area contributed by atoms with Gasteiger partial charge in [0.15, 0.2) is 17.5 Å². The normalized spacial score (nSPS) is 11.3. The lowest BCUT2D eigenvalue weighted by Gasteiger charge is -2.12. The van der Waals surface area contributed by atoms with E-state index in [1.807, 2.05) is 42.1 Å². The van der Waals surface area contributed by atoms with Crippen LogP contribution in [-0.2, 0) is 13.1 Å². The van der Waals surface area contributed by atoms with Gasteiger partial charge in [0.2, 0.25) is 0 Å². The SMILES string of the molecule is CCNC(=NCc1ccc(OC)c(OCC)c1)NCCCn1cccn1. The number of guanidine groups is 1. The molecule has 1 aromatic heterocycles. The summed E-state index contributed by atoms with van der Waals surface area (Å²) >= 11 is 0. The van der Waals surface area contributed by atoms with Crippen molar-refractivity contribution >= 4 is 5.96 Å². The third kappa shape index (κ3) is 6.31. The maximum atomic E-state index is 5.62. The van der Waals surface area contributed by atoms with Gasteiger partial charge in [-0.3, -0.25) is 4.68 Å². The number of hydrogen-bond donors (Lipinski definition) is 2. The average molecular weight is 359 g/mol. The van der Waals surface area contributed by atoms with Crippen LogP contribution in [0.2, 0.25) is 0 Å². The molecular formula is C19H29N5O2. The zero-order chi connectivity index (χ0) is 18.6. The Morgan fingerprint density at radius 1 is 1.23 bits per heavy atom. The van der Waals surface area contributed by atoms with Crippen LogP contribution in [0.15, 0.2) is 41.7 Å². The van der Waals surface area contributed by atoms with Crippen LogP contribution in [0.5, 0.6) is 11.5 Å². The Bertz CT molecular complexity index is 671. The van der Waals surface area contributed by atoms with Crippen LogP contribution in [0.3, 0.4) is 0 Å². The monoisotopic (exact) mass is 359 g/mol. The van der Waals surface area contributed by atoms with E-state index in [2.05, 4.69) is 27.6 Å². The Labute approximate surface area is 155 Å². The van der Waals surface area contributed by atoms with Crippen LogP contribution < -0.4 is 20.1 Å². The first-order chi connectivity index (χ1) is 12.8. The Hall–Kier alpha value is -2.70. The lowest BCUT2D eigenvalue weighted by Crippen LogP contribution is -2.38. The van der Waals surface area contributed by atoms with Crippen molar-refractivity contribution in [3.8, 4) is 11.5 Å². The minimum atomic E-state index is 0.568. The van der Waals surface area contributed by atoms with E-state index in [1.165, 1.54) is 0 Å². The van der Waals surface area contributed by atoms with Gasteiger partial charge < -0.3 is 20.1 Å². The van der Waals surface area contributed by atoms with E-state index in [0.717, 1.165) is 49.1 Å². The van der Waals surface area contributed by atoms with Crippen molar-refractivity contribution in [2.45, 2.75) is 33.4 Å². The molecule has 0 bridgehead atoms. The van der Waals surface area contributed by atoms with Gasteiger partial charge >= 0.3 is 0 Å². The predicted molar refractivity (Wildman–Crippen MR) is 104 cm³/mol. The number of aromatic nitrogens is 2. The first-order valence-corrected chi connectivity index (χ1v) is 9.06. The van der Waals surface area contributed by atoms with Gasteiger partial charge in [-0.25, -0.2) is 4.99 Å². The van der Waals surface area contributed by atoms with Crippen molar-refractivity contribution in [2.75, 3.05) is 26.8 Å². The molecule has 0 saturated heterocycles. The van der Waals surface area contributed by atoms with Crippen molar-refractivity contribution in [1.82, 2.24) is 20.4 Å². The molecular weight excluding hydrogens is 330 g/mol. The Balaban J connectivity index is 1.89. The molecule has 1 aromatic carbocycles. The molecule has 0 radical (unpaired) electrons. The van der Waals surface area contributed by atoms with E-state index in [9.17, 15) is 0 Å².